The van der Waals surface area contributed by atoms with Crippen molar-refractivity contribution in [2.45, 2.75) is 6.54 Å². The van der Waals surface area contributed by atoms with Crippen LogP contribution < -0.4 is 5.73 Å². The molecule has 1 aromatic rings. The van der Waals surface area contributed by atoms with E-state index in [1.165, 1.54) is 10.6 Å². The van der Waals surface area contributed by atoms with Crippen molar-refractivity contribution in [1.82, 2.24) is 9.21 Å². The first-order valence-electron chi connectivity index (χ1n) is 6.08. The fourth-order valence-corrected chi connectivity index (χ4v) is 3.40. The van der Waals surface area contributed by atoms with Crippen molar-refractivity contribution >= 4 is 31.6 Å². The van der Waals surface area contributed by atoms with Crippen LogP contribution in [0.1, 0.15) is 5.56 Å². The van der Waals surface area contributed by atoms with Gasteiger partial charge in [-0.05, 0) is 27.6 Å². The lowest BCUT2D eigenvalue weighted by atomic mass is 10.2. The SMILES string of the molecule is CS(=O)(=O)N1CCN(Cc2cccc(N)c2Br)CC1. The Bertz CT molecular complexity index is 554. The highest BCUT2D eigenvalue weighted by Gasteiger charge is 2.23. The summed E-state index contributed by atoms with van der Waals surface area (Å²) in [5.41, 5.74) is 7.71. The van der Waals surface area contributed by atoms with Crippen LogP contribution >= 0.6 is 15.9 Å². The number of nitrogen functional groups attached to an aromatic ring is 1. The molecule has 0 aliphatic carbocycles. The number of rotatable bonds is 3. The molecule has 106 valence electrons. The standard InChI is InChI=1S/C12H18BrN3O2S/c1-19(17,18)16-7-5-15(6-8-16)9-10-3-2-4-11(14)12(10)13/h2-4H,5-9,14H2,1H3. The molecule has 0 saturated carbocycles. The van der Waals surface area contributed by atoms with Gasteiger partial charge in [0.05, 0.1) is 6.26 Å². The van der Waals surface area contributed by atoms with E-state index in [4.69, 9.17) is 5.73 Å². The summed E-state index contributed by atoms with van der Waals surface area (Å²) in [6, 6.07) is 5.82. The normalized spacial score (nSPS) is 18.6. The topological polar surface area (TPSA) is 66.6 Å². The molecule has 1 saturated heterocycles. The molecule has 2 rings (SSSR count). The molecule has 0 atom stereocenters. The number of anilines is 1. The van der Waals surface area contributed by atoms with Gasteiger partial charge >= 0.3 is 0 Å². The Kier molecular flexibility index (Phi) is 4.50. The summed E-state index contributed by atoms with van der Waals surface area (Å²) in [5.74, 6) is 0. The van der Waals surface area contributed by atoms with Gasteiger partial charge < -0.3 is 5.73 Å². The maximum absolute atomic E-state index is 11.4. The number of piperazine rings is 1. The number of nitrogens with two attached hydrogens (primary N) is 1. The lowest BCUT2D eigenvalue weighted by molar-refractivity contribution is 0.182. The van der Waals surface area contributed by atoms with E-state index in [0.717, 1.165) is 35.4 Å². The molecule has 19 heavy (non-hydrogen) atoms. The molecule has 0 spiro atoms. The molecule has 1 heterocycles. The Labute approximate surface area is 122 Å². The van der Waals surface area contributed by atoms with Crippen LogP contribution in [0.2, 0.25) is 0 Å². The van der Waals surface area contributed by atoms with Crippen LogP contribution in [0.5, 0.6) is 0 Å². The highest BCUT2D eigenvalue weighted by molar-refractivity contribution is 9.10. The second kappa shape index (κ2) is 5.78. The molecule has 0 unspecified atom stereocenters. The van der Waals surface area contributed by atoms with E-state index < -0.39 is 10.0 Å². The number of halogens is 1. The summed E-state index contributed by atoms with van der Waals surface area (Å²) >= 11 is 3.49. The molecular formula is C12H18BrN3O2S. The highest BCUT2D eigenvalue weighted by Crippen LogP contribution is 2.25. The Balaban J connectivity index is 1.98. The van der Waals surface area contributed by atoms with Gasteiger partial charge in [-0.2, -0.15) is 4.31 Å². The van der Waals surface area contributed by atoms with Crippen LogP contribution in [0.15, 0.2) is 22.7 Å². The molecule has 5 nitrogen and oxygen atoms in total. The molecule has 2 N–H and O–H groups in total. The lowest BCUT2D eigenvalue weighted by Gasteiger charge is -2.33. The van der Waals surface area contributed by atoms with Gasteiger partial charge in [0, 0.05) is 42.9 Å². The van der Waals surface area contributed by atoms with Crippen LogP contribution in [-0.4, -0.2) is 50.1 Å². The first-order valence-corrected chi connectivity index (χ1v) is 8.72. The van der Waals surface area contributed by atoms with Crippen molar-refractivity contribution in [2.24, 2.45) is 0 Å². The lowest BCUT2D eigenvalue weighted by Crippen LogP contribution is -2.47. The van der Waals surface area contributed by atoms with E-state index >= 15 is 0 Å². The zero-order chi connectivity index (χ0) is 14.0. The van der Waals surface area contributed by atoms with E-state index in [-0.39, 0.29) is 0 Å². The highest BCUT2D eigenvalue weighted by atomic mass is 79.9. The van der Waals surface area contributed by atoms with Gasteiger partial charge in [-0.3, -0.25) is 4.90 Å². The number of benzene rings is 1. The van der Waals surface area contributed by atoms with E-state index in [1.54, 1.807) is 0 Å². The van der Waals surface area contributed by atoms with Gasteiger partial charge in [0.2, 0.25) is 10.0 Å². The monoisotopic (exact) mass is 347 g/mol. The molecule has 1 aliphatic heterocycles. The summed E-state index contributed by atoms with van der Waals surface area (Å²) in [4.78, 5) is 2.24. The smallest absolute Gasteiger partial charge is 0.211 e. The number of hydrogen-bond donors (Lipinski definition) is 1. The predicted octanol–water partition coefficient (Wildman–Crippen LogP) is 1.11. The third-order valence-electron chi connectivity index (χ3n) is 3.30. The second-order valence-electron chi connectivity index (χ2n) is 4.76. The Hall–Kier alpha value is -0.630. The van der Waals surface area contributed by atoms with Gasteiger partial charge in [-0.1, -0.05) is 12.1 Å². The van der Waals surface area contributed by atoms with Crippen molar-refractivity contribution < 1.29 is 8.42 Å². The summed E-state index contributed by atoms with van der Waals surface area (Å²) in [7, 11) is -3.06. The van der Waals surface area contributed by atoms with Crippen LogP contribution in [0.4, 0.5) is 5.69 Å². The predicted molar refractivity (Wildman–Crippen MR) is 80.2 cm³/mol. The minimum absolute atomic E-state index is 0.554. The molecule has 0 bridgehead atoms. The minimum Gasteiger partial charge on any atom is -0.398 e. The first kappa shape index (κ1) is 14.8. The van der Waals surface area contributed by atoms with Crippen molar-refractivity contribution in [1.29, 1.82) is 0 Å². The third kappa shape index (κ3) is 3.68. The van der Waals surface area contributed by atoms with E-state index in [2.05, 4.69) is 20.8 Å². The van der Waals surface area contributed by atoms with E-state index in [0.29, 0.717) is 13.1 Å². The largest absolute Gasteiger partial charge is 0.398 e. The summed E-state index contributed by atoms with van der Waals surface area (Å²) in [6.45, 7) is 3.38. The van der Waals surface area contributed by atoms with Gasteiger partial charge in [0.1, 0.15) is 0 Å². The van der Waals surface area contributed by atoms with Crippen LogP contribution in [0, 0.1) is 0 Å². The maximum Gasteiger partial charge on any atom is 0.211 e. The molecule has 1 fully saturated rings. The van der Waals surface area contributed by atoms with Crippen molar-refractivity contribution in [2.75, 3.05) is 38.2 Å². The summed E-state index contributed by atoms with van der Waals surface area (Å²) in [6.07, 6.45) is 1.26. The van der Waals surface area contributed by atoms with Crippen molar-refractivity contribution in [3.05, 3.63) is 28.2 Å². The Morgan fingerprint density at radius 3 is 2.47 bits per heavy atom. The Morgan fingerprint density at radius 1 is 1.26 bits per heavy atom. The van der Waals surface area contributed by atoms with E-state index in [1.807, 2.05) is 18.2 Å². The van der Waals surface area contributed by atoms with E-state index in [9.17, 15) is 8.42 Å². The fraction of sp³-hybridized carbons (Fsp3) is 0.500. The molecule has 7 heteroatoms. The zero-order valence-corrected chi connectivity index (χ0v) is 13.2. The molecule has 1 aliphatic rings. The molecule has 0 radical (unpaired) electrons. The maximum atomic E-state index is 11.4. The van der Waals surface area contributed by atoms with Gasteiger partial charge in [0.25, 0.3) is 0 Å². The molecule has 1 aromatic carbocycles. The zero-order valence-electron chi connectivity index (χ0n) is 10.8. The fourth-order valence-electron chi connectivity index (χ4n) is 2.18. The molecule has 0 amide bonds. The average Bonchev–Trinajstić information content (AvgIpc) is 2.35. The molecule has 0 aromatic heterocycles. The average molecular weight is 348 g/mol. The van der Waals surface area contributed by atoms with Gasteiger partial charge in [0.15, 0.2) is 0 Å². The third-order valence-corrected chi connectivity index (χ3v) is 5.57. The van der Waals surface area contributed by atoms with Gasteiger partial charge in [-0.15, -0.1) is 0 Å². The summed E-state index contributed by atoms with van der Waals surface area (Å²) in [5, 5.41) is 0. The number of hydrogen-bond acceptors (Lipinski definition) is 4. The number of nitrogens with zero attached hydrogens (tertiary/aromatic N) is 2. The summed E-state index contributed by atoms with van der Waals surface area (Å²) < 4.78 is 25.3. The quantitative estimate of drug-likeness (QED) is 0.831. The van der Waals surface area contributed by atoms with Crippen molar-refractivity contribution in [3.8, 4) is 0 Å². The van der Waals surface area contributed by atoms with Crippen LogP contribution in [-0.2, 0) is 16.6 Å². The Morgan fingerprint density at radius 2 is 1.89 bits per heavy atom. The van der Waals surface area contributed by atoms with Crippen molar-refractivity contribution in [3.63, 3.8) is 0 Å². The van der Waals surface area contributed by atoms with Crippen LogP contribution in [0.3, 0.4) is 0 Å². The first-order chi connectivity index (χ1) is 8.88. The molecular weight excluding hydrogens is 330 g/mol. The van der Waals surface area contributed by atoms with Crippen LogP contribution in [0.25, 0.3) is 0 Å². The minimum atomic E-state index is -3.06. The van der Waals surface area contributed by atoms with Gasteiger partial charge in [-0.25, -0.2) is 8.42 Å². The second-order valence-corrected chi connectivity index (χ2v) is 7.53. The number of sulfonamides is 1.